The van der Waals surface area contributed by atoms with Gasteiger partial charge in [0.1, 0.15) is 0 Å². The number of nitrogens with zero attached hydrogens (tertiary/aromatic N) is 1. The fraction of sp³-hybridized carbons (Fsp3) is 0.105. The third-order valence-corrected chi connectivity index (χ3v) is 8.00. The lowest BCUT2D eigenvalue weighted by Crippen LogP contribution is -2.00. The Morgan fingerprint density at radius 1 is 0.564 bits per heavy atom. The Kier molecular flexibility index (Phi) is 5.98. The lowest BCUT2D eigenvalue weighted by Gasteiger charge is -2.18. The first kappa shape index (κ1) is 23.5. The molecule has 0 aliphatic heterocycles. The van der Waals surface area contributed by atoms with Crippen molar-refractivity contribution >= 4 is 27.4 Å². The number of para-hydroxylation sites is 2. The summed E-state index contributed by atoms with van der Waals surface area (Å²) in [6.45, 7) is 2.21. The molecule has 0 atom stereocenters. The highest BCUT2D eigenvalue weighted by molar-refractivity contribution is 6.09. The van der Waals surface area contributed by atoms with Crippen LogP contribution < -0.4 is 0 Å². The monoisotopic (exact) mass is 501 g/mol. The van der Waals surface area contributed by atoms with E-state index in [9.17, 15) is 0 Å². The van der Waals surface area contributed by atoms with E-state index >= 15 is 0 Å². The Morgan fingerprint density at radius 2 is 1.21 bits per heavy atom. The molecule has 0 N–H and O–H groups in total. The van der Waals surface area contributed by atoms with Gasteiger partial charge in [-0.15, -0.1) is 0 Å². The maximum atomic E-state index is 2.42. The minimum atomic E-state index is 1.01. The van der Waals surface area contributed by atoms with Gasteiger partial charge in [-0.3, -0.25) is 0 Å². The molecule has 188 valence electrons. The topological polar surface area (TPSA) is 4.93 Å². The fourth-order valence-electron chi connectivity index (χ4n) is 6.05. The predicted molar refractivity (Wildman–Crippen MR) is 166 cm³/mol. The number of benzene rings is 5. The number of hydrogen-bond donors (Lipinski definition) is 0. The Bertz CT molecular complexity index is 1810. The SMILES string of the molecule is Cc1cc(C2=CC=C(Cc3ccc(-c4ccccc4)cc3)CC2)cc(-n2c3ccccc3c3ccccc32)c1. The zero-order valence-corrected chi connectivity index (χ0v) is 22.3. The lowest BCUT2D eigenvalue weighted by atomic mass is 9.89. The quantitative estimate of drug-likeness (QED) is 0.221. The summed E-state index contributed by atoms with van der Waals surface area (Å²) >= 11 is 0. The van der Waals surface area contributed by atoms with E-state index in [0.29, 0.717) is 0 Å². The van der Waals surface area contributed by atoms with Crippen molar-refractivity contribution in [1.82, 2.24) is 4.57 Å². The van der Waals surface area contributed by atoms with Crippen LogP contribution >= 0.6 is 0 Å². The third kappa shape index (κ3) is 4.51. The van der Waals surface area contributed by atoms with Gasteiger partial charge in [0.25, 0.3) is 0 Å². The molecule has 0 spiro atoms. The summed E-state index contributed by atoms with van der Waals surface area (Å²) in [4.78, 5) is 0. The predicted octanol–water partition coefficient (Wildman–Crippen LogP) is 10.1. The molecule has 1 aliphatic carbocycles. The van der Waals surface area contributed by atoms with Crippen molar-refractivity contribution in [2.75, 3.05) is 0 Å². The first-order chi connectivity index (χ1) is 19.2. The maximum Gasteiger partial charge on any atom is 0.0541 e. The minimum absolute atomic E-state index is 1.01. The van der Waals surface area contributed by atoms with Gasteiger partial charge in [-0.2, -0.15) is 0 Å². The highest BCUT2D eigenvalue weighted by Gasteiger charge is 2.15. The highest BCUT2D eigenvalue weighted by atomic mass is 15.0. The zero-order valence-electron chi connectivity index (χ0n) is 22.3. The van der Waals surface area contributed by atoms with E-state index in [1.807, 2.05) is 0 Å². The van der Waals surface area contributed by atoms with Crippen molar-refractivity contribution in [1.29, 1.82) is 0 Å². The Balaban J connectivity index is 1.18. The summed E-state index contributed by atoms with van der Waals surface area (Å²) in [6.07, 6.45) is 7.89. The van der Waals surface area contributed by atoms with Gasteiger partial charge in [-0.1, -0.05) is 115 Å². The average molecular weight is 502 g/mol. The molecular weight excluding hydrogens is 470 g/mol. The van der Waals surface area contributed by atoms with Crippen LogP contribution in [0.2, 0.25) is 0 Å². The van der Waals surface area contributed by atoms with Crippen LogP contribution in [0.15, 0.2) is 139 Å². The zero-order chi connectivity index (χ0) is 26.2. The number of rotatable bonds is 5. The molecule has 0 amide bonds. The second-order valence-corrected chi connectivity index (χ2v) is 10.7. The number of hydrogen-bond acceptors (Lipinski definition) is 0. The Labute approximate surface area is 230 Å². The van der Waals surface area contributed by atoms with Crippen molar-refractivity contribution < 1.29 is 0 Å². The molecular formula is C38H31N. The van der Waals surface area contributed by atoms with Crippen LogP contribution in [0.3, 0.4) is 0 Å². The molecule has 5 aromatic carbocycles. The third-order valence-electron chi connectivity index (χ3n) is 8.00. The van der Waals surface area contributed by atoms with Crippen LogP contribution in [-0.2, 0) is 6.42 Å². The van der Waals surface area contributed by atoms with Crippen LogP contribution in [0.1, 0.15) is 29.5 Å². The van der Waals surface area contributed by atoms with Crippen LogP contribution in [-0.4, -0.2) is 4.57 Å². The minimum Gasteiger partial charge on any atom is -0.309 e. The second-order valence-electron chi connectivity index (χ2n) is 10.7. The van der Waals surface area contributed by atoms with E-state index in [4.69, 9.17) is 0 Å². The normalized spacial score (nSPS) is 13.5. The van der Waals surface area contributed by atoms with Gasteiger partial charge in [0.05, 0.1) is 11.0 Å². The van der Waals surface area contributed by atoms with Gasteiger partial charge in [0.2, 0.25) is 0 Å². The summed E-state index contributed by atoms with van der Waals surface area (Å²) < 4.78 is 2.42. The Hall–Kier alpha value is -4.62. The van der Waals surface area contributed by atoms with Crippen LogP contribution in [0, 0.1) is 6.92 Å². The first-order valence-electron chi connectivity index (χ1n) is 13.9. The molecule has 1 heteroatoms. The fourth-order valence-corrected chi connectivity index (χ4v) is 6.05. The van der Waals surface area contributed by atoms with E-state index in [1.165, 1.54) is 66.5 Å². The number of aryl methyl sites for hydroxylation is 1. The lowest BCUT2D eigenvalue weighted by molar-refractivity contribution is 0.923. The molecule has 1 nitrogen and oxygen atoms in total. The molecule has 1 aromatic heterocycles. The Morgan fingerprint density at radius 3 is 1.87 bits per heavy atom. The van der Waals surface area contributed by atoms with E-state index in [0.717, 1.165) is 19.3 Å². The second kappa shape index (κ2) is 9.93. The average Bonchev–Trinajstić information content (AvgIpc) is 3.33. The summed E-state index contributed by atoms with van der Waals surface area (Å²) in [7, 11) is 0. The van der Waals surface area contributed by atoms with Crippen molar-refractivity contribution in [3.8, 4) is 16.8 Å². The molecule has 6 aromatic rings. The molecule has 0 saturated heterocycles. The number of allylic oxidation sites excluding steroid dienone is 4. The number of aromatic nitrogens is 1. The van der Waals surface area contributed by atoms with Crippen molar-refractivity contribution in [2.24, 2.45) is 0 Å². The standard InChI is InChI=1S/C38H31N/c1-27-23-33(26-34(24-27)39-37-13-7-5-11-35(37)36-12-6-8-14-38(36)39)32-21-17-29(18-22-32)25-28-15-19-31(20-16-28)30-9-3-2-4-10-30/h2-17,19-21,23-24,26H,18,22,25H2,1H3. The molecule has 0 unspecified atom stereocenters. The summed E-state index contributed by atoms with van der Waals surface area (Å²) in [5, 5.41) is 2.61. The number of fused-ring (bicyclic) bond motifs is 3. The van der Waals surface area contributed by atoms with Gasteiger partial charge in [0, 0.05) is 16.5 Å². The van der Waals surface area contributed by atoms with Crippen molar-refractivity contribution in [3.63, 3.8) is 0 Å². The molecule has 1 heterocycles. The van der Waals surface area contributed by atoms with E-state index in [-0.39, 0.29) is 0 Å². The highest BCUT2D eigenvalue weighted by Crippen LogP contribution is 2.35. The van der Waals surface area contributed by atoms with E-state index in [2.05, 4.69) is 145 Å². The molecule has 0 fully saturated rings. The molecule has 1 aliphatic rings. The van der Waals surface area contributed by atoms with Crippen molar-refractivity contribution in [2.45, 2.75) is 26.2 Å². The largest absolute Gasteiger partial charge is 0.309 e. The van der Waals surface area contributed by atoms with Gasteiger partial charge in [-0.05, 0) is 83.8 Å². The molecule has 0 bridgehead atoms. The van der Waals surface area contributed by atoms with Crippen LogP contribution in [0.4, 0.5) is 0 Å². The molecule has 0 saturated carbocycles. The van der Waals surface area contributed by atoms with E-state index < -0.39 is 0 Å². The summed E-state index contributed by atoms with van der Waals surface area (Å²) in [6, 6.07) is 44.2. The summed E-state index contributed by atoms with van der Waals surface area (Å²) in [5.41, 5.74) is 13.2. The van der Waals surface area contributed by atoms with E-state index in [1.54, 1.807) is 0 Å². The first-order valence-corrected chi connectivity index (χ1v) is 13.9. The molecule has 39 heavy (non-hydrogen) atoms. The molecule has 0 radical (unpaired) electrons. The van der Waals surface area contributed by atoms with Gasteiger partial charge in [0.15, 0.2) is 0 Å². The van der Waals surface area contributed by atoms with Gasteiger partial charge >= 0.3 is 0 Å². The molecule has 7 rings (SSSR count). The van der Waals surface area contributed by atoms with Crippen LogP contribution in [0.25, 0.3) is 44.2 Å². The smallest absolute Gasteiger partial charge is 0.0541 e. The maximum absolute atomic E-state index is 2.42. The van der Waals surface area contributed by atoms with Gasteiger partial charge < -0.3 is 4.57 Å². The van der Waals surface area contributed by atoms with Gasteiger partial charge in [-0.25, -0.2) is 0 Å². The summed E-state index contributed by atoms with van der Waals surface area (Å²) in [5.74, 6) is 0. The van der Waals surface area contributed by atoms with Crippen molar-refractivity contribution in [3.05, 3.63) is 156 Å². The van der Waals surface area contributed by atoms with Crippen LogP contribution in [0.5, 0.6) is 0 Å².